The maximum absolute atomic E-state index is 12.1. The number of carbonyl (C=O) groups excluding carboxylic acids is 2. The molecule has 0 aliphatic rings. The van der Waals surface area contributed by atoms with Crippen molar-refractivity contribution >= 4 is 17.8 Å². The van der Waals surface area contributed by atoms with Crippen LogP contribution in [0.2, 0.25) is 0 Å². The zero-order valence-electron chi connectivity index (χ0n) is 13.7. The van der Waals surface area contributed by atoms with Gasteiger partial charge in [-0.15, -0.1) is 0 Å². The minimum atomic E-state index is -0.461. The smallest absolute Gasteiger partial charge is 0.320 e. The second-order valence-corrected chi connectivity index (χ2v) is 5.30. The summed E-state index contributed by atoms with van der Waals surface area (Å²) in [7, 11) is 0. The molecule has 0 fully saturated rings. The molecule has 0 aliphatic heterocycles. The summed E-state index contributed by atoms with van der Waals surface area (Å²) in [5.74, 6) is 0.121. The monoisotopic (exact) mass is 331 g/mol. The van der Waals surface area contributed by atoms with Crippen LogP contribution in [0.4, 0.5) is 10.6 Å². The molecule has 0 spiro atoms. The maximum atomic E-state index is 12.1. The number of carbonyl (C=O) groups is 2. The minimum absolute atomic E-state index is 0.163. The van der Waals surface area contributed by atoms with Crippen molar-refractivity contribution in [2.75, 3.05) is 18.5 Å². The topological polar surface area (TPSA) is 93.5 Å². The number of nitrogens with one attached hydrogen (secondary N) is 2. The van der Waals surface area contributed by atoms with Crippen molar-refractivity contribution in [3.63, 3.8) is 0 Å². The van der Waals surface area contributed by atoms with Crippen LogP contribution in [-0.2, 0) is 16.0 Å². The molecule has 24 heavy (non-hydrogen) atoms. The highest BCUT2D eigenvalue weighted by molar-refractivity contribution is 5.88. The number of aromatic nitrogens is 1. The van der Waals surface area contributed by atoms with Crippen LogP contribution >= 0.6 is 0 Å². The number of esters is 1. The number of nitrogens with zero attached hydrogens (tertiary/aromatic N) is 1. The van der Waals surface area contributed by atoms with Crippen molar-refractivity contribution in [1.29, 1.82) is 0 Å². The Kier molecular flexibility index (Phi) is 6.36. The molecule has 0 bridgehead atoms. The molecule has 2 aromatic rings. The fourth-order valence-electron chi connectivity index (χ4n) is 2.20. The van der Waals surface area contributed by atoms with Crippen LogP contribution in [-0.4, -0.2) is 30.3 Å². The second-order valence-electron chi connectivity index (χ2n) is 5.30. The standard InChI is InChI=1S/C17H21N3O4/c1-3-23-16(21)14(10-13-7-5-4-6-8-13)11-18-17(22)19-15-9-12(2)24-20-15/h4-9,14H,3,10-11H2,1-2H3,(H2,18,19,20,22). The molecule has 1 aromatic carbocycles. The summed E-state index contributed by atoms with van der Waals surface area (Å²) in [5.41, 5.74) is 1.00. The number of ether oxygens (including phenoxy) is 1. The van der Waals surface area contributed by atoms with Gasteiger partial charge in [0, 0.05) is 12.6 Å². The lowest BCUT2D eigenvalue weighted by Crippen LogP contribution is -2.37. The lowest BCUT2D eigenvalue weighted by molar-refractivity contribution is -0.147. The van der Waals surface area contributed by atoms with Crippen LogP contribution in [0.25, 0.3) is 0 Å². The van der Waals surface area contributed by atoms with Gasteiger partial charge in [0.05, 0.1) is 12.5 Å². The zero-order valence-corrected chi connectivity index (χ0v) is 13.7. The van der Waals surface area contributed by atoms with Crippen LogP contribution in [0.15, 0.2) is 40.9 Å². The van der Waals surface area contributed by atoms with Gasteiger partial charge in [0.2, 0.25) is 0 Å². The molecule has 2 N–H and O–H groups in total. The van der Waals surface area contributed by atoms with Gasteiger partial charge in [-0.05, 0) is 25.8 Å². The van der Waals surface area contributed by atoms with E-state index in [1.54, 1.807) is 19.9 Å². The van der Waals surface area contributed by atoms with E-state index in [2.05, 4.69) is 15.8 Å². The lowest BCUT2D eigenvalue weighted by Gasteiger charge is -2.16. The van der Waals surface area contributed by atoms with E-state index >= 15 is 0 Å². The van der Waals surface area contributed by atoms with Gasteiger partial charge in [-0.3, -0.25) is 10.1 Å². The van der Waals surface area contributed by atoms with E-state index in [9.17, 15) is 9.59 Å². The summed E-state index contributed by atoms with van der Waals surface area (Å²) in [6.07, 6.45) is 0.489. The van der Waals surface area contributed by atoms with Crippen molar-refractivity contribution in [3.8, 4) is 0 Å². The molecule has 0 radical (unpaired) electrons. The fourth-order valence-corrected chi connectivity index (χ4v) is 2.20. The highest BCUT2D eigenvalue weighted by Gasteiger charge is 2.21. The third-order valence-corrected chi connectivity index (χ3v) is 3.32. The first-order chi connectivity index (χ1) is 11.6. The molecule has 7 nitrogen and oxygen atoms in total. The zero-order chi connectivity index (χ0) is 17.4. The number of hydrogen-bond donors (Lipinski definition) is 2. The average Bonchev–Trinajstić information content (AvgIpc) is 2.97. The highest BCUT2D eigenvalue weighted by atomic mass is 16.5. The summed E-state index contributed by atoms with van der Waals surface area (Å²) in [6.45, 7) is 3.95. The molecule has 1 atom stereocenters. The van der Waals surface area contributed by atoms with Gasteiger partial charge in [0.1, 0.15) is 5.76 Å². The van der Waals surface area contributed by atoms with Crippen molar-refractivity contribution in [2.45, 2.75) is 20.3 Å². The summed E-state index contributed by atoms with van der Waals surface area (Å²) in [5, 5.41) is 8.89. The third-order valence-electron chi connectivity index (χ3n) is 3.32. The molecule has 1 heterocycles. The second kappa shape index (κ2) is 8.71. The van der Waals surface area contributed by atoms with Crippen molar-refractivity contribution in [3.05, 3.63) is 47.7 Å². The number of urea groups is 1. The fraction of sp³-hybridized carbons (Fsp3) is 0.353. The maximum Gasteiger partial charge on any atom is 0.320 e. The Morgan fingerprint density at radius 3 is 2.67 bits per heavy atom. The normalized spacial score (nSPS) is 11.6. The first kappa shape index (κ1) is 17.5. The molecule has 2 amide bonds. The predicted molar refractivity (Wildman–Crippen MR) is 88.5 cm³/mol. The number of benzene rings is 1. The first-order valence-corrected chi connectivity index (χ1v) is 7.77. The van der Waals surface area contributed by atoms with Crippen LogP contribution in [0.1, 0.15) is 18.2 Å². The van der Waals surface area contributed by atoms with Gasteiger partial charge in [-0.2, -0.15) is 0 Å². The molecular weight excluding hydrogens is 310 g/mol. The largest absolute Gasteiger partial charge is 0.466 e. The molecule has 128 valence electrons. The molecule has 1 unspecified atom stereocenters. The van der Waals surface area contributed by atoms with E-state index < -0.39 is 11.9 Å². The van der Waals surface area contributed by atoms with Crippen LogP contribution in [0.5, 0.6) is 0 Å². The van der Waals surface area contributed by atoms with Crippen molar-refractivity contribution < 1.29 is 18.8 Å². The first-order valence-electron chi connectivity index (χ1n) is 7.77. The quantitative estimate of drug-likeness (QED) is 0.760. The van der Waals surface area contributed by atoms with Gasteiger partial charge >= 0.3 is 12.0 Å². The van der Waals surface area contributed by atoms with Gasteiger partial charge in [-0.1, -0.05) is 35.5 Å². The third kappa shape index (κ3) is 5.42. The van der Waals surface area contributed by atoms with Gasteiger partial charge in [-0.25, -0.2) is 4.79 Å². The Balaban J connectivity index is 1.92. The van der Waals surface area contributed by atoms with Gasteiger partial charge in [0.25, 0.3) is 0 Å². The van der Waals surface area contributed by atoms with Crippen LogP contribution in [0, 0.1) is 12.8 Å². The average molecular weight is 331 g/mol. The Hall–Kier alpha value is -2.83. The Bertz CT molecular complexity index is 669. The Morgan fingerprint density at radius 1 is 1.29 bits per heavy atom. The molecule has 0 saturated heterocycles. The van der Waals surface area contributed by atoms with E-state index in [1.807, 2.05) is 30.3 Å². The van der Waals surface area contributed by atoms with Crippen molar-refractivity contribution in [1.82, 2.24) is 10.5 Å². The summed E-state index contributed by atoms with van der Waals surface area (Å²) < 4.78 is 9.97. The van der Waals surface area contributed by atoms with Gasteiger partial charge < -0.3 is 14.6 Å². The van der Waals surface area contributed by atoms with Crippen molar-refractivity contribution in [2.24, 2.45) is 5.92 Å². The summed E-state index contributed by atoms with van der Waals surface area (Å²) in [6, 6.07) is 10.7. The number of anilines is 1. The molecule has 2 rings (SSSR count). The number of hydrogen-bond acceptors (Lipinski definition) is 5. The predicted octanol–water partition coefficient (Wildman–Crippen LogP) is 2.53. The lowest BCUT2D eigenvalue weighted by atomic mass is 9.99. The summed E-state index contributed by atoms with van der Waals surface area (Å²) >= 11 is 0. The molecule has 1 aromatic heterocycles. The molecule has 7 heteroatoms. The van der Waals surface area contributed by atoms with E-state index in [1.165, 1.54) is 0 Å². The van der Waals surface area contributed by atoms with Crippen LogP contribution < -0.4 is 10.6 Å². The SMILES string of the molecule is CCOC(=O)C(CNC(=O)Nc1cc(C)on1)Cc1ccccc1. The highest BCUT2D eigenvalue weighted by Crippen LogP contribution is 2.11. The van der Waals surface area contributed by atoms with E-state index in [4.69, 9.17) is 9.26 Å². The molecular formula is C17H21N3O4. The number of rotatable bonds is 7. The van der Waals surface area contributed by atoms with E-state index in [-0.39, 0.29) is 12.5 Å². The minimum Gasteiger partial charge on any atom is -0.466 e. The Morgan fingerprint density at radius 2 is 2.04 bits per heavy atom. The summed E-state index contributed by atoms with van der Waals surface area (Å²) in [4.78, 5) is 24.0. The Labute approximate surface area is 140 Å². The van der Waals surface area contributed by atoms with Crippen LogP contribution in [0.3, 0.4) is 0 Å². The molecule has 0 saturated carbocycles. The number of aryl methyl sites for hydroxylation is 1. The van der Waals surface area contributed by atoms with E-state index in [0.717, 1.165) is 5.56 Å². The number of amides is 2. The van der Waals surface area contributed by atoms with Gasteiger partial charge in [0.15, 0.2) is 5.82 Å². The molecule has 0 aliphatic carbocycles. The van der Waals surface area contributed by atoms with E-state index in [0.29, 0.717) is 24.6 Å².